The standard InChI is InChI=1S/C23H35N5OS/c1-6-24-23(26-12-22-18(4)27-19(5)30-22)25-11-20-7-9-21(10-8-20)15-28-13-16(2)29-17(3)14-28/h7-10,16-17H,6,11-15H2,1-5H3,(H2,24,25,26). The molecule has 0 saturated carbocycles. The van der Waals surface area contributed by atoms with Gasteiger partial charge in [-0.05, 0) is 45.7 Å². The summed E-state index contributed by atoms with van der Waals surface area (Å²) in [6.45, 7) is 15.7. The zero-order valence-corrected chi connectivity index (χ0v) is 19.7. The molecule has 0 radical (unpaired) electrons. The molecule has 1 aliphatic heterocycles. The maximum Gasteiger partial charge on any atom is 0.191 e. The number of thiazole rings is 1. The SMILES string of the molecule is CCNC(=NCc1ccc(CN2CC(C)OC(C)C2)cc1)NCc1sc(C)nc1C. The second kappa shape index (κ2) is 10.9. The van der Waals surface area contributed by atoms with Gasteiger partial charge < -0.3 is 15.4 Å². The number of morpholine rings is 1. The highest BCUT2D eigenvalue weighted by atomic mass is 32.1. The number of aryl methyl sites for hydroxylation is 2. The van der Waals surface area contributed by atoms with Gasteiger partial charge in [0.2, 0.25) is 0 Å². The molecule has 164 valence electrons. The third kappa shape index (κ3) is 6.79. The molecular weight excluding hydrogens is 394 g/mol. The Morgan fingerprint density at radius 1 is 1.13 bits per heavy atom. The average molecular weight is 430 g/mol. The Kier molecular flexibility index (Phi) is 8.24. The van der Waals surface area contributed by atoms with E-state index in [1.165, 1.54) is 16.0 Å². The molecule has 1 aliphatic rings. The maximum atomic E-state index is 5.83. The molecule has 2 aromatic rings. The van der Waals surface area contributed by atoms with E-state index in [0.29, 0.717) is 18.8 Å². The highest BCUT2D eigenvalue weighted by molar-refractivity contribution is 7.11. The van der Waals surface area contributed by atoms with Gasteiger partial charge in [-0.1, -0.05) is 24.3 Å². The van der Waals surface area contributed by atoms with E-state index in [4.69, 9.17) is 9.73 Å². The number of nitrogens with one attached hydrogen (secondary N) is 2. The second-order valence-corrected chi connectivity index (χ2v) is 9.35. The van der Waals surface area contributed by atoms with E-state index in [0.717, 1.165) is 49.4 Å². The van der Waals surface area contributed by atoms with Crippen LogP contribution in [0.1, 0.15) is 47.5 Å². The van der Waals surface area contributed by atoms with Crippen LogP contribution in [0.4, 0.5) is 0 Å². The number of guanidine groups is 1. The van der Waals surface area contributed by atoms with Crippen molar-refractivity contribution in [3.05, 3.63) is 51.0 Å². The molecule has 0 amide bonds. The van der Waals surface area contributed by atoms with Crippen LogP contribution in [-0.2, 0) is 24.4 Å². The van der Waals surface area contributed by atoms with Crippen molar-refractivity contribution in [2.24, 2.45) is 4.99 Å². The normalized spacial score (nSPS) is 20.4. The summed E-state index contributed by atoms with van der Waals surface area (Å²) in [4.78, 5) is 13.0. The molecule has 6 nitrogen and oxygen atoms in total. The van der Waals surface area contributed by atoms with Gasteiger partial charge in [0, 0.05) is 31.1 Å². The van der Waals surface area contributed by atoms with Crippen molar-refractivity contribution in [1.82, 2.24) is 20.5 Å². The lowest BCUT2D eigenvalue weighted by atomic mass is 10.1. The van der Waals surface area contributed by atoms with Gasteiger partial charge in [-0.15, -0.1) is 11.3 Å². The minimum Gasteiger partial charge on any atom is -0.373 e. The first kappa shape index (κ1) is 22.7. The highest BCUT2D eigenvalue weighted by Gasteiger charge is 2.21. The number of hydrogen-bond donors (Lipinski definition) is 2. The molecule has 1 aromatic heterocycles. The van der Waals surface area contributed by atoms with E-state index in [9.17, 15) is 0 Å². The van der Waals surface area contributed by atoms with Crippen molar-refractivity contribution in [3.63, 3.8) is 0 Å². The Hall–Kier alpha value is -1.96. The Balaban J connectivity index is 1.54. The summed E-state index contributed by atoms with van der Waals surface area (Å²) in [5, 5.41) is 7.86. The first-order chi connectivity index (χ1) is 14.4. The second-order valence-electron chi connectivity index (χ2n) is 8.06. The van der Waals surface area contributed by atoms with Gasteiger partial charge in [0.05, 0.1) is 36.0 Å². The first-order valence-corrected chi connectivity index (χ1v) is 11.6. The van der Waals surface area contributed by atoms with Crippen LogP contribution in [-0.4, -0.2) is 47.7 Å². The van der Waals surface area contributed by atoms with Gasteiger partial charge >= 0.3 is 0 Å². The smallest absolute Gasteiger partial charge is 0.191 e. The summed E-state index contributed by atoms with van der Waals surface area (Å²) >= 11 is 1.74. The predicted molar refractivity (Wildman–Crippen MR) is 125 cm³/mol. The average Bonchev–Trinajstić information content (AvgIpc) is 3.01. The fourth-order valence-electron chi connectivity index (χ4n) is 3.84. The minimum absolute atomic E-state index is 0.303. The zero-order chi connectivity index (χ0) is 21.5. The van der Waals surface area contributed by atoms with E-state index in [1.807, 2.05) is 6.92 Å². The van der Waals surface area contributed by atoms with Crippen LogP contribution in [0.25, 0.3) is 0 Å². The molecule has 2 heterocycles. The van der Waals surface area contributed by atoms with Crippen LogP contribution in [0.5, 0.6) is 0 Å². The van der Waals surface area contributed by atoms with E-state index in [2.05, 4.69) is 72.5 Å². The lowest BCUT2D eigenvalue weighted by molar-refractivity contribution is -0.0704. The van der Waals surface area contributed by atoms with E-state index >= 15 is 0 Å². The fourth-order valence-corrected chi connectivity index (χ4v) is 4.71. The summed E-state index contributed by atoms with van der Waals surface area (Å²) in [6.07, 6.45) is 0.606. The summed E-state index contributed by atoms with van der Waals surface area (Å²) < 4.78 is 5.83. The lowest BCUT2D eigenvalue weighted by Gasteiger charge is -2.35. The summed E-state index contributed by atoms with van der Waals surface area (Å²) in [5.74, 6) is 0.836. The maximum absolute atomic E-state index is 5.83. The molecular formula is C23H35N5OS. The predicted octanol–water partition coefficient (Wildman–Crippen LogP) is 3.62. The Bertz CT molecular complexity index is 823. The Labute approximate surface area is 184 Å². The lowest BCUT2D eigenvalue weighted by Crippen LogP contribution is -2.44. The minimum atomic E-state index is 0.303. The molecule has 1 saturated heterocycles. The summed E-state index contributed by atoms with van der Waals surface area (Å²) in [7, 11) is 0. The molecule has 1 aromatic carbocycles. The molecule has 1 fully saturated rings. The topological polar surface area (TPSA) is 61.8 Å². The zero-order valence-electron chi connectivity index (χ0n) is 18.9. The van der Waals surface area contributed by atoms with Crippen molar-refractivity contribution in [2.45, 2.75) is 66.5 Å². The number of benzene rings is 1. The quantitative estimate of drug-likeness (QED) is 0.520. The molecule has 2 N–H and O–H groups in total. The number of hydrogen-bond acceptors (Lipinski definition) is 5. The molecule has 2 atom stereocenters. The van der Waals surface area contributed by atoms with Gasteiger partial charge in [0.15, 0.2) is 5.96 Å². The van der Waals surface area contributed by atoms with Crippen LogP contribution in [0.3, 0.4) is 0 Å². The van der Waals surface area contributed by atoms with Crippen molar-refractivity contribution in [2.75, 3.05) is 19.6 Å². The number of nitrogens with zero attached hydrogens (tertiary/aromatic N) is 3. The highest BCUT2D eigenvalue weighted by Crippen LogP contribution is 2.17. The Morgan fingerprint density at radius 2 is 1.80 bits per heavy atom. The molecule has 30 heavy (non-hydrogen) atoms. The van der Waals surface area contributed by atoms with Gasteiger partial charge in [-0.2, -0.15) is 0 Å². The van der Waals surface area contributed by atoms with Crippen molar-refractivity contribution in [1.29, 1.82) is 0 Å². The van der Waals surface area contributed by atoms with Crippen molar-refractivity contribution < 1.29 is 4.74 Å². The molecule has 7 heteroatoms. The van der Waals surface area contributed by atoms with E-state index in [-0.39, 0.29) is 0 Å². The number of aromatic nitrogens is 1. The van der Waals surface area contributed by atoms with Crippen molar-refractivity contribution >= 4 is 17.3 Å². The number of rotatable bonds is 7. The molecule has 0 aliphatic carbocycles. The number of aliphatic imine (C=N–C) groups is 1. The first-order valence-electron chi connectivity index (χ1n) is 10.8. The Morgan fingerprint density at radius 3 is 2.40 bits per heavy atom. The van der Waals surface area contributed by atoms with Crippen LogP contribution in [0, 0.1) is 13.8 Å². The fraction of sp³-hybridized carbons (Fsp3) is 0.565. The van der Waals surface area contributed by atoms with E-state index < -0.39 is 0 Å². The van der Waals surface area contributed by atoms with Crippen LogP contribution in [0.15, 0.2) is 29.3 Å². The molecule has 0 spiro atoms. The van der Waals surface area contributed by atoms with E-state index in [1.54, 1.807) is 11.3 Å². The van der Waals surface area contributed by atoms with Gasteiger partial charge in [0.1, 0.15) is 0 Å². The van der Waals surface area contributed by atoms with Crippen molar-refractivity contribution in [3.8, 4) is 0 Å². The number of ether oxygens (including phenoxy) is 1. The van der Waals surface area contributed by atoms with Crippen LogP contribution < -0.4 is 10.6 Å². The van der Waals surface area contributed by atoms with Crippen LogP contribution >= 0.6 is 11.3 Å². The summed E-state index contributed by atoms with van der Waals surface area (Å²) in [5.41, 5.74) is 3.65. The largest absolute Gasteiger partial charge is 0.373 e. The monoisotopic (exact) mass is 429 g/mol. The van der Waals surface area contributed by atoms with Crippen LogP contribution in [0.2, 0.25) is 0 Å². The van der Waals surface area contributed by atoms with Gasteiger partial charge in [0.25, 0.3) is 0 Å². The molecule has 0 bridgehead atoms. The molecule has 2 unspecified atom stereocenters. The van der Waals surface area contributed by atoms with Gasteiger partial charge in [-0.3, -0.25) is 4.90 Å². The van der Waals surface area contributed by atoms with Gasteiger partial charge in [-0.25, -0.2) is 9.98 Å². The third-order valence-corrected chi connectivity index (χ3v) is 6.18. The third-order valence-electron chi connectivity index (χ3n) is 5.10. The summed E-state index contributed by atoms with van der Waals surface area (Å²) in [6, 6.07) is 8.82. The molecule has 3 rings (SSSR count).